The second-order valence-electron chi connectivity index (χ2n) is 9.42. The molecule has 1 N–H and O–H groups in total. The Hall–Kier alpha value is -3.95. The molecule has 9 nitrogen and oxygen atoms in total. The molecule has 4 aromatic heterocycles. The Morgan fingerprint density at radius 2 is 2.00 bits per heavy atom. The first-order valence-electron chi connectivity index (χ1n) is 12.3. The molecule has 0 aliphatic carbocycles. The number of nitrogens with zero attached hydrogens (tertiary/aromatic N) is 5. The molecule has 1 saturated heterocycles. The summed E-state index contributed by atoms with van der Waals surface area (Å²) in [6, 6.07) is 13.6. The van der Waals surface area contributed by atoms with Crippen LogP contribution in [0, 0.1) is 0 Å². The Morgan fingerprint density at radius 1 is 1.11 bits per heavy atom. The van der Waals surface area contributed by atoms with Crippen LogP contribution in [0.4, 0.5) is 0 Å². The minimum Gasteiger partial charge on any atom is -0.458 e. The lowest BCUT2D eigenvalue weighted by molar-refractivity contribution is 0.0341. The quantitative estimate of drug-likeness (QED) is 0.422. The number of pyridine rings is 1. The highest BCUT2D eigenvalue weighted by atomic mass is 16.5. The molecule has 2 aliphatic heterocycles. The third-order valence-electron chi connectivity index (χ3n) is 7.22. The van der Waals surface area contributed by atoms with Gasteiger partial charge in [0.05, 0.1) is 42.5 Å². The number of rotatable bonds is 4. The van der Waals surface area contributed by atoms with Gasteiger partial charge >= 0.3 is 0 Å². The third kappa shape index (κ3) is 3.59. The van der Waals surface area contributed by atoms with E-state index in [1.54, 1.807) is 12.5 Å². The molecule has 0 saturated carbocycles. The van der Waals surface area contributed by atoms with E-state index in [1.165, 1.54) is 0 Å². The van der Waals surface area contributed by atoms with Crippen LogP contribution >= 0.6 is 0 Å². The highest BCUT2D eigenvalue weighted by Crippen LogP contribution is 2.37. The number of H-pyrrole nitrogens is 1. The summed E-state index contributed by atoms with van der Waals surface area (Å²) in [6.07, 6.45) is 6.09. The fraction of sp³-hybridized carbons (Fsp3) is 0.296. The van der Waals surface area contributed by atoms with E-state index in [0.29, 0.717) is 24.3 Å². The van der Waals surface area contributed by atoms with Crippen molar-refractivity contribution < 1.29 is 13.9 Å². The van der Waals surface area contributed by atoms with Crippen molar-refractivity contribution >= 4 is 22.4 Å². The summed E-state index contributed by atoms with van der Waals surface area (Å²) in [5, 5.41) is 5.54. The standard InChI is InChI=1S/C27H26N6O3/c34-27(20-14-30-33-16-18(5-6-22(20)33)15-31-9-11-35-12-10-31)32-8-7-21-25(29-17-28-21)26(32)24-13-19-3-1-2-4-23(19)36-24/h1-6,13-14,16-17,26H,7-12,15H2,(H,28,29)/t26-/m1/s1. The number of carbonyl (C=O) groups excluding carboxylic acids is 1. The van der Waals surface area contributed by atoms with Gasteiger partial charge in [0.1, 0.15) is 17.4 Å². The Labute approximate surface area is 207 Å². The Kier molecular flexibility index (Phi) is 5.11. The summed E-state index contributed by atoms with van der Waals surface area (Å²) >= 11 is 0. The first-order chi connectivity index (χ1) is 17.7. The molecule has 0 unspecified atom stereocenters. The smallest absolute Gasteiger partial charge is 0.258 e. The van der Waals surface area contributed by atoms with Gasteiger partial charge in [-0.15, -0.1) is 0 Å². The second-order valence-corrected chi connectivity index (χ2v) is 9.42. The van der Waals surface area contributed by atoms with E-state index in [9.17, 15) is 4.79 Å². The number of carbonyl (C=O) groups is 1. The van der Waals surface area contributed by atoms with Crippen LogP contribution in [-0.2, 0) is 17.7 Å². The maximum atomic E-state index is 14.0. The number of benzene rings is 1. The number of para-hydroxylation sites is 1. The lowest BCUT2D eigenvalue weighted by Crippen LogP contribution is -2.40. The van der Waals surface area contributed by atoms with E-state index in [1.807, 2.05) is 52.0 Å². The lowest BCUT2D eigenvalue weighted by atomic mass is 9.99. The number of hydrogen-bond donors (Lipinski definition) is 1. The van der Waals surface area contributed by atoms with Gasteiger partial charge in [0.25, 0.3) is 5.91 Å². The van der Waals surface area contributed by atoms with Gasteiger partial charge in [0.2, 0.25) is 0 Å². The molecule has 5 aromatic rings. The van der Waals surface area contributed by atoms with Crippen LogP contribution in [0.15, 0.2) is 65.6 Å². The first kappa shape index (κ1) is 21.3. The second kappa shape index (κ2) is 8.61. The van der Waals surface area contributed by atoms with Gasteiger partial charge in [-0.25, -0.2) is 9.50 Å². The number of aromatic nitrogens is 4. The number of hydrogen-bond acceptors (Lipinski definition) is 6. The van der Waals surface area contributed by atoms with Gasteiger partial charge in [-0.3, -0.25) is 9.69 Å². The number of fused-ring (bicyclic) bond motifs is 3. The van der Waals surface area contributed by atoms with E-state index in [4.69, 9.17) is 9.15 Å². The van der Waals surface area contributed by atoms with Crippen molar-refractivity contribution in [1.82, 2.24) is 29.4 Å². The van der Waals surface area contributed by atoms with E-state index in [0.717, 1.165) is 66.3 Å². The summed E-state index contributed by atoms with van der Waals surface area (Å²) in [7, 11) is 0. The van der Waals surface area contributed by atoms with Crippen LogP contribution in [-0.4, -0.2) is 68.1 Å². The maximum Gasteiger partial charge on any atom is 0.258 e. The predicted octanol–water partition coefficient (Wildman–Crippen LogP) is 3.42. The van der Waals surface area contributed by atoms with Gasteiger partial charge in [-0.1, -0.05) is 24.3 Å². The highest BCUT2D eigenvalue weighted by molar-refractivity contribution is 6.01. The molecule has 0 spiro atoms. The SMILES string of the molecule is O=C(c1cnn2cc(CN3CCOCC3)ccc12)N1CCc2[nH]cnc2[C@H]1c1cc2ccccc2o1. The monoisotopic (exact) mass is 482 g/mol. The minimum atomic E-state index is -0.407. The van der Waals surface area contributed by atoms with E-state index < -0.39 is 6.04 Å². The molecule has 6 heterocycles. The van der Waals surface area contributed by atoms with Crippen LogP contribution < -0.4 is 0 Å². The maximum absolute atomic E-state index is 14.0. The Balaban J connectivity index is 1.23. The van der Waals surface area contributed by atoms with Gasteiger partial charge in [0.15, 0.2) is 0 Å². The van der Waals surface area contributed by atoms with Gasteiger partial charge in [-0.2, -0.15) is 5.10 Å². The van der Waals surface area contributed by atoms with Crippen LogP contribution in [0.5, 0.6) is 0 Å². The molecule has 36 heavy (non-hydrogen) atoms. The molecule has 9 heteroatoms. The fourth-order valence-electron chi connectivity index (χ4n) is 5.38. The van der Waals surface area contributed by atoms with E-state index in [-0.39, 0.29) is 5.91 Å². The number of nitrogens with one attached hydrogen (secondary N) is 1. The number of aromatic amines is 1. The van der Waals surface area contributed by atoms with Crippen LogP contribution in [0.3, 0.4) is 0 Å². The fourth-order valence-corrected chi connectivity index (χ4v) is 5.38. The molecule has 0 radical (unpaired) electrons. The molecule has 1 atom stereocenters. The van der Waals surface area contributed by atoms with Crippen molar-refractivity contribution in [2.75, 3.05) is 32.8 Å². The summed E-state index contributed by atoms with van der Waals surface area (Å²) in [5.74, 6) is 0.631. The average molecular weight is 483 g/mol. The van der Waals surface area contributed by atoms with Gasteiger partial charge in [0, 0.05) is 49.9 Å². The van der Waals surface area contributed by atoms with Gasteiger partial charge in [-0.05, 0) is 23.8 Å². The lowest BCUT2D eigenvalue weighted by Gasteiger charge is -2.33. The molecular weight excluding hydrogens is 456 g/mol. The van der Waals surface area contributed by atoms with Crippen LogP contribution in [0.1, 0.15) is 39.1 Å². The first-order valence-corrected chi connectivity index (χ1v) is 12.3. The molecule has 1 fully saturated rings. The largest absolute Gasteiger partial charge is 0.458 e. The van der Waals surface area contributed by atoms with Crippen molar-refractivity contribution in [3.05, 3.63) is 89.5 Å². The molecule has 1 aromatic carbocycles. The summed E-state index contributed by atoms with van der Waals surface area (Å²) < 4.78 is 13.5. The number of imidazole rings is 1. The zero-order valence-corrected chi connectivity index (χ0v) is 19.8. The van der Waals surface area contributed by atoms with Crippen molar-refractivity contribution in [3.8, 4) is 0 Å². The van der Waals surface area contributed by atoms with Crippen LogP contribution in [0.2, 0.25) is 0 Å². The molecule has 7 rings (SSSR count). The summed E-state index contributed by atoms with van der Waals surface area (Å²) in [6.45, 7) is 4.78. The molecule has 0 bridgehead atoms. The minimum absolute atomic E-state index is 0.0787. The van der Waals surface area contributed by atoms with Crippen molar-refractivity contribution in [2.45, 2.75) is 19.0 Å². The Morgan fingerprint density at radius 3 is 2.89 bits per heavy atom. The van der Waals surface area contributed by atoms with Gasteiger partial charge < -0.3 is 19.0 Å². The molecular formula is C27H26N6O3. The van der Waals surface area contributed by atoms with Crippen molar-refractivity contribution in [1.29, 1.82) is 0 Å². The van der Waals surface area contributed by atoms with Crippen molar-refractivity contribution in [2.24, 2.45) is 0 Å². The summed E-state index contributed by atoms with van der Waals surface area (Å²) in [5.41, 5.74) is 5.20. The van der Waals surface area contributed by atoms with Crippen molar-refractivity contribution in [3.63, 3.8) is 0 Å². The third-order valence-corrected chi connectivity index (χ3v) is 7.22. The number of morpholine rings is 1. The average Bonchev–Trinajstić information content (AvgIpc) is 3.66. The topological polar surface area (TPSA) is 91.9 Å². The summed E-state index contributed by atoms with van der Waals surface area (Å²) in [4.78, 5) is 26.0. The highest BCUT2D eigenvalue weighted by Gasteiger charge is 2.37. The number of amides is 1. The van der Waals surface area contributed by atoms with Crippen LogP contribution in [0.25, 0.3) is 16.5 Å². The Bertz CT molecular complexity index is 1530. The van der Waals surface area contributed by atoms with E-state index >= 15 is 0 Å². The van der Waals surface area contributed by atoms with E-state index in [2.05, 4.69) is 26.0 Å². The molecule has 2 aliphatic rings. The normalized spacial score (nSPS) is 18.7. The zero-order valence-electron chi connectivity index (χ0n) is 19.8. The zero-order chi connectivity index (χ0) is 24.1. The molecule has 1 amide bonds. The number of furan rings is 1. The molecule has 182 valence electrons. The number of ether oxygens (including phenoxy) is 1. The predicted molar refractivity (Wildman–Crippen MR) is 133 cm³/mol.